The molecule has 0 bridgehead atoms. The zero-order chi connectivity index (χ0) is 8.55. The lowest BCUT2D eigenvalue weighted by Crippen LogP contribution is -2.41. The molecule has 1 saturated heterocycles. The molecule has 2 fully saturated rings. The summed E-state index contributed by atoms with van der Waals surface area (Å²) in [5.74, 6) is -0.0300. The second-order valence-corrected chi connectivity index (χ2v) is 3.58. The molecule has 12 heavy (non-hydrogen) atoms. The Hall–Kier alpha value is -0.640. The quantitative estimate of drug-likeness (QED) is 0.614. The van der Waals surface area contributed by atoms with E-state index in [2.05, 4.69) is 10.6 Å². The lowest BCUT2D eigenvalue weighted by Gasteiger charge is -2.09. The predicted molar refractivity (Wildman–Crippen MR) is 42.5 cm³/mol. The van der Waals surface area contributed by atoms with Crippen LogP contribution >= 0.6 is 0 Å². The first kappa shape index (κ1) is 7.98. The van der Waals surface area contributed by atoms with E-state index < -0.39 is 6.17 Å². The maximum absolute atomic E-state index is 12.6. The maximum atomic E-state index is 12.6. The number of hydrogen-bond acceptors (Lipinski definition) is 2. The minimum Gasteiger partial charge on any atom is -0.352 e. The van der Waals surface area contributed by atoms with Crippen molar-refractivity contribution in [2.24, 2.45) is 0 Å². The molecule has 0 spiro atoms. The minimum atomic E-state index is -0.847. The molecule has 0 radical (unpaired) electrons. The topological polar surface area (TPSA) is 41.1 Å². The number of carbonyl (C=O) groups excluding carboxylic acids is 1. The molecule has 2 rings (SSSR count). The molecule has 3 nitrogen and oxygen atoms in total. The van der Waals surface area contributed by atoms with Gasteiger partial charge >= 0.3 is 0 Å². The van der Waals surface area contributed by atoms with Crippen molar-refractivity contribution >= 4 is 5.91 Å². The van der Waals surface area contributed by atoms with E-state index in [4.69, 9.17) is 0 Å². The van der Waals surface area contributed by atoms with Crippen molar-refractivity contribution < 1.29 is 9.18 Å². The van der Waals surface area contributed by atoms with Gasteiger partial charge in [0.05, 0.1) is 6.04 Å². The van der Waals surface area contributed by atoms with E-state index in [0.29, 0.717) is 19.0 Å². The first-order chi connectivity index (χ1) is 5.75. The SMILES string of the molecule is O=C(NC1CC1)[C@H]1C[C@@H](F)CN1. The standard InChI is InChI=1S/C8H13FN2O/c9-5-3-7(10-4-5)8(12)11-6-1-2-6/h5-7,10H,1-4H2,(H,11,12)/t5-,7-/m1/s1. The summed E-state index contributed by atoms with van der Waals surface area (Å²) in [7, 11) is 0. The molecule has 4 heteroatoms. The van der Waals surface area contributed by atoms with E-state index in [-0.39, 0.29) is 11.9 Å². The normalized spacial score (nSPS) is 35.1. The van der Waals surface area contributed by atoms with Gasteiger partial charge in [0, 0.05) is 19.0 Å². The zero-order valence-corrected chi connectivity index (χ0v) is 6.85. The van der Waals surface area contributed by atoms with Crippen LogP contribution in [-0.4, -0.2) is 30.7 Å². The molecule has 0 aromatic heterocycles. The first-order valence-corrected chi connectivity index (χ1v) is 4.43. The van der Waals surface area contributed by atoms with Crippen molar-refractivity contribution in [1.29, 1.82) is 0 Å². The molecule has 1 aliphatic heterocycles. The van der Waals surface area contributed by atoms with Crippen LogP contribution in [-0.2, 0) is 4.79 Å². The van der Waals surface area contributed by atoms with E-state index in [1.807, 2.05) is 0 Å². The van der Waals surface area contributed by atoms with Crippen molar-refractivity contribution in [2.75, 3.05) is 6.54 Å². The highest BCUT2D eigenvalue weighted by Gasteiger charge is 2.32. The van der Waals surface area contributed by atoms with Crippen LogP contribution in [0.3, 0.4) is 0 Å². The summed E-state index contributed by atoms with van der Waals surface area (Å²) in [6.07, 6.45) is 1.65. The molecule has 1 amide bonds. The van der Waals surface area contributed by atoms with Crippen LogP contribution < -0.4 is 10.6 Å². The van der Waals surface area contributed by atoms with Crippen LogP contribution in [0.4, 0.5) is 4.39 Å². The third-order valence-electron chi connectivity index (χ3n) is 2.32. The largest absolute Gasteiger partial charge is 0.352 e. The molecule has 2 atom stereocenters. The van der Waals surface area contributed by atoms with E-state index in [9.17, 15) is 9.18 Å². The summed E-state index contributed by atoms with van der Waals surface area (Å²) >= 11 is 0. The summed E-state index contributed by atoms with van der Waals surface area (Å²) in [5.41, 5.74) is 0. The van der Waals surface area contributed by atoms with Gasteiger partial charge in [-0.15, -0.1) is 0 Å². The number of halogens is 1. The van der Waals surface area contributed by atoms with Gasteiger partial charge in [0.25, 0.3) is 0 Å². The summed E-state index contributed by atoms with van der Waals surface area (Å²) in [6.45, 7) is 0.322. The van der Waals surface area contributed by atoms with Crippen molar-refractivity contribution in [3.8, 4) is 0 Å². The van der Waals surface area contributed by atoms with Crippen molar-refractivity contribution in [1.82, 2.24) is 10.6 Å². The Morgan fingerprint density at radius 2 is 2.25 bits per heavy atom. The summed E-state index contributed by atoms with van der Waals surface area (Å²) in [4.78, 5) is 11.3. The molecule has 68 valence electrons. The zero-order valence-electron chi connectivity index (χ0n) is 6.85. The fourth-order valence-corrected chi connectivity index (χ4v) is 1.42. The third-order valence-corrected chi connectivity index (χ3v) is 2.32. The number of amides is 1. The fourth-order valence-electron chi connectivity index (χ4n) is 1.42. The molecule has 0 unspecified atom stereocenters. The summed E-state index contributed by atoms with van der Waals surface area (Å²) < 4.78 is 12.6. The Kier molecular flexibility index (Phi) is 2.00. The van der Waals surface area contributed by atoms with Gasteiger partial charge in [-0.1, -0.05) is 0 Å². The molecule has 2 aliphatic rings. The van der Waals surface area contributed by atoms with E-state index >= 15 is 0 Å². The van der Waals surface area contributed by atoms with Crippen LogP contribution in [0.1, 0.15) is 19.3 Å². The Balaban J connectivity index is 1.79. The number of nitrogens with one attached hydrogen (secondary N) is 2. The van der Waals surface area contributed by atoms with Gasteiger partial charge in [-0.05, 0) is 12.8 Å². The van der Waals surface area contributed by atoms with Gasteiger partial charge in [-0.2, -0.15) is 0 Å². The lowest BCUT2D eigenvalue weighted by molar-refractivity contribution is -0.123. The second kappa shape index (κ2) is 3.01. The molecule has 1 heterocycles. The van der Waals surface area contributed by atoms with Crippen molar-refractivity contribution in [2.45, 2.75) is 37.5 Å². The van der Waals surface area contributed by atoms with Crippen molar-refractivity contribution in [3.05, 3.63) is 0 Å². The molecule has 1 saturated carbocycles. The Morgan fingerprint density at radius 3 is 2.75 bits per heavy atom. The Morgan fingerprint density at radius 1 is 1.50 bits per heavy atom. The highest BCUT2D eigenvalue weighted by molar-refractivity contribution is 5.82. The highest BCUT2D eigenvalue weighted by atomic mass is 19.1. The van der Waals surface area contributed by atoms with Crippen LogP contribution in [0, 0.1) is 0 Å². The smallest absolute Gasteiger partial charge is 0.237 e. The molecular formula is C8H13FN2O. The van der Waals surface area contributed by atoms with Crippen molar-refractivity contribution in [3.63, 3.8) is 0 Å². The summed E-state index contributed by atoms with van der Waals surface area (Å²) in [6, 6.07) is 0.0820. The van der Waals surface area contributed by atoms with Crippen LogP contribution in [0.2, 0.25) is 0 Å². The lowest BCUT2D eigenvalue weighted by atomic mass is 10.2. The number of rotatable bonds is 2. The second-order valence-electron chi connectivity index (χ2n) is 3.58. The van der Waals surface area contributed by atoms with Gasteiger partial charge in [0.15, 0.2) is 0 Å². The number of hydrogen-bond donors (Lipinski definition) is 2. The molecule has 2 N–H and O–H groups in total. The molecule has 0 aromatic carbocycles. The number of alkyl halides is 1. The molecular weight excluding hydrogens is 159 g/mol. The van der Waals surface area contributed by atoms with E-state index in [1.165, 1.54) is 0 Å². The average Bonchev–Trinajstić information content (AvgIpc) is 2.72. The highest BCUT2D eigenvalue weighted by Crippen LogP contribution is 2.19. The Bertz CT molecular complexity index is 193. The fraction of sp³-hybridized carbons (Fsp3) is 0.875. The van der Waals surface area contributed by atoms with Crippen LogP contribution in [0.15, 0.2) is 0 Å². The Labute approximate surface area is 70.7 Å². The molecule has 1 aliphatic carbocycles. The van der Waals surface area contributed by atoms with Crippen LogP contribution in [0.5, 0.6) is 0 Å². The maximum Gasteiger partial charge on any atom is 0.237 e. The van der Waals surface area contributed by atoms with Gasteiger partial charge in [0.2, 0.25) is 5.91 Å². The van der Waals surface area contributed by atoms with Gasteiger partial charge < -0.3 is 10.6 Å². The monoisotopic (exact) mass is 172 g/mol. The first-order valence-electron chi connectivity index (χ1n) is 4.43. The predicted octanol–water partition coefficient (Wildman–Crippen LogP) is -0.0350. The van der Waals surface area contributed by atoms with E-state index in [0.717, 1.165) is 12.8 Å². The average molecular weight is 172 g/mol. The van der Waals surface area contributed by atoms with Gasteiger partial charge in [0.1, 0.15) is 6.17 Å². The number of carbonyl (C=O) groups is 1. The molecule has 0 aromatic rings. The van der Waals surface area contributed by atoms with Gasteiger partial charge in [-0.25, -0.2) is 4.39 Å². The minimum absolute atomic E-state index is 0.0300. The van der Waals surface area contributed by atoms with E-state index in [1.54, 1.807) is 0 Å². The van der Waals surface area contributed by atoms with Crippen LogP contribution in [0.25, 0.3) is 0 Å². The van der Waals surface area contributed by atoms with Gasteiger partial charge in [-0.3, -0.25) is 4.79 Å². The summed E-state index contributed by atoms with van der Waals surface area (Å²) in [5, 5.41) is 5.70. The third kappa shape index (κ3) is 1.75.